The summed E-state index contributed by atoms with van der Waals surface area (Å²) in [6, 6.07) is 9.88. The normalized spacial score (nSPS) is 20.1. The van der Waals surface area contributed by atoms with Crippen molar-refractivity contribution in [3.63, 3.8) is 0 Å². The van der Waals surface area contributed by atoms with Crippen LogP contribution in [0.15, 0.2) is 42.9 Å². The van der Waals surface area contributed by atoms with Crippen LogP contribution < -0.4 is 5.32 Å². The smallest absolute Gasteiger partial charge is 0.254 e. The van der Waals surface area contributed by atoms with Gasteiger partial charge in [-0.25, -0.2) is 4.98 Å². The zero-order chi connectivity index (χ0) is 20.7. The molecule has 7 heteroatoms. The molecule has 1 saturated carbocycles. The monoisotopic (exact) mass is 403 g/mol. The number of carbonyl (C=O) groups is 2. The molecule has 2 amide bonds. The van der Waals surface area contributed by atoms with Gasteiger partial charge in [0, 0.05) is 49.9 Å². The Morgan fingerprint density at radius 2 is 2.10 bits per heavy atom. The SMILES string of the molecule is CC(=O)Nc1cc(C(=O)N2CC3CCC2C3)cc2ncn(CCc3ccccn3)c12. The van der Waals surface area contributed by atoms with E-state index < -0.39 is 0 Å². The van der Waals surface area contributed by atoms with Crippen molar-refractivity contribution in [2.24, 2.45) is 5.92 Å². The molecule has 2 unspecified atom stereocenters. The molecule has 7 nitrogen and oxygen atoms in total. The van der Waals surface area contributed by atoms with Crippen LogP contribution in [0.25, 0.3) is 11.0 Å². The molecule has 1 aliphatic carbocycles. The Balaban J connectivity index is 1.47. The summed E-state index contributed by atoms with van der Waals surface area (Å²) in [5, 5.41) is 2.91. The van der Waals surface area contributed by atoms with Gasteiger partial charge in [-0.2, -0.15) is 0 Å². The topological polar surface area (TPSA) is 80.1 Å². The number of likely N-dealkylation sites (tertiary alicyclic amines) is 1. The molecule has 0 spiro atoms. The average molecular weight is 403 g/mol. The summed E-state index contributed by atoms with van der Waals surface area (Å²) in [4.78, 5) is 36.0. The second kappa shape index (κ2) is 7.55. The van der Waals surface area contributed by atoms with Crippen molar-refractivity contribution in [2.45, 2.75) is 45.2 Å². The molecule has 2 atom stereocenters. The lowest BCUT2D eigenvalue weighted by atomic mass is 10.1. The number of rotatable bonds is 5. The van der Waals surface area contributed by atoms with Crippen molar-refractivity contribution >= 4 is 28.5 Å². The molecule has 5 rings (SSSR count). The maximum Gasteiger partial charge on any atom is 0.254 e. The number of benzene rings is 1. The van der Waals surface area contributed by atoms with Gasteiger partial charge < -0.3 is 14.8 Å². The van der Waals surface area contributed by atoms with Crippen LogP contribution in [0.1, 0.15) is 42.2 Å². The predicted molar refractivity (Wildman–Crippen MR) is 114 cm³/mol. The molecule has 2 aromatic heterocycles. The minimum atomic E-state index is -0.168. The zero-order valence-electron chi connectivity index (χ0n) is 17.0. The van der Waals surface area contributed by atoms with E-state index in [1.165, 1.54) is 13.3 Å². The van der Waals surface area contributed by atoms with E-state index in [0.717, 1.165) is 42.5 Å². The van der Waals surface area contributed by atoms with Gasteiger partial charge in [-0.15, -0.1) is 0 Å². The van der Waals surface area contributed by atoms with Crippen LogP contribution >= 0.6 is 0 Å². The zero-order valence-corrected chi connectivity index (χ0v) is 17.0. The Labute approximate surface area is 175 Å². The number of pyridine rings is 1. The highest BCUT2D eigenvalue weighted by molar-refractivity contribution is 6.05. The minimum Gasteiger partial charge on any atom is -0.335 e. The van der Waals surface area contributed by atoms with E-state index in [1.54, 1.807) is 18.6 Å². The van der Waals surface area contributed by atoms with Gasteiger partial charge in [-0.1, -0.05) is 6.07 Å². The van der Waals surface area contributed by atoms with Gasteiger partial charge in [-0.05, 0) is 49.4 Å². The number of nitrogens with zero attached hydrogens (tertiary/aromatic N) is 4. The molecule has 3 heterocycles. The standard InChI is InChI=1S/C23H25N5O2/c1-15(29)26-21-12-17(23(30)28-13-16-5-6-19(28)10-16)11-20-22(21)27(14-25-20)9-7-18-4-2-3-8-24-18/h2-4,8,11-12,14,16,19H,5-7,9-10,13H2,1H3,(H,26,29). The van der Waals surface area contributed by atoms with Gasteiger partial charge in [0.1, 0.15) is 0 Å². The second-order valence-corrected chi connectivity index (χ2v) is 8.37. The first kappa shape index (κ1) is 18.8. The molecule has 0 radical (unpaired) electrons. The molecule has 2 bridgehead atoms. The third-order valence-corrected chi connectivity index (χ3v) is 6.28. The lowest BCUT2D eigenvalue weighted by molar-refractivity contribution is -0.114. The van der Waals surface area contributed by atoms with Crippen LogP contribution in [-0.2, 0) is 17.8 Å². The van der Waals surface area contributed by atoms with Gasteiger partial charge in [-0.3, -0.25) is 14.6 Å². The summed E-state index contributed by atoms with van der Waals surface area (Å²) in [7, 11) is 0. The van der Waals surface area contributed by atoms with Crippen molar-refractivity contribution in [2.75, 3.05) is 11.9 Å². The summed E-state index contributed by atoms with van der Waals surface area (Å²) in [5.74, 6) is 0.514. The third kappa shape index (κ3) is 3.44. The number of nitrogens with one attached hydrogen (secondary N) is 1. The molecule has 1 aromatic carbocycles. The molecule has 1 N–H and O–H groups in total. The number of anilines is 1. The van der Waals surface area contributed by atoms with E-state index in [-0.39, 0.29) is 11.8 Å². The van der Waals surface area contributed by atoms with Gasteiger partial charge in [0.2, 0.25) is 5.91 Å². The molecule has 2 fully saturated rings. The van der Waals surface area contributed by atoms with Crippen LogP contribution in [0.4, 0.5) is 5.69 Å². The summed E-state index contributed by atoms with van der Waals surface area (Å²) >= 11 is 0. The first-order valence-corrected chi connectivity index (χ1v) is 10.6. The van der Waals surface area contributed by atoms with E-state index >= 15 is 0 Å². The Kier molecular flexibility index (Phi) is 4.73. The van der Waals surface area contributed by atoms with Crippen molar-refractivity contribution in [3.8, 4) is 0 Å². The summed E-state index contributed by atoms with van der Waals surface area (Å²) in [5.41, 5.74) is 3.77. The van der Waals surface area contributed by atoms with Crippen molar-refractivity contribution < 1.29 is 9.59 Å². The van der Waals surface area contributed by atoms with E-state index in [2.05, 4.69) is 15.3 Å². The Morgan fingerprint density at radius 3 is 2.80 bits per heavy atom. The molecule has 1 saturated heterocycles. The number of hydrogen-bond donors (Lipinski definition) is 1. The fourth-order valence-corrected chi connectivity index (χ4v) is 4.91. The lowest BCUT2D eigenvalue weighted by Crippen LogP contribution is -2.37. The number of carbonyl (C=O) groups excluding carboxylic acids is 2. The minimum absolute atomic E-state index is 0.0405. The van der Waals surface area contributed by atoms with Gasteiger partial charge in [0.05, 0.1) is 23.0 Å². The van der Waals surface area contributed by atoms with E-state index in [4.69, 9.17) is 0 Å². The Bertz CT molecular complexity index is 1110. The average Bonchev–Trinajstić information content (AvgIpc) is 3.47. The number of hydrogen-bond acceptors (Lipinski definition) is 4. The first-order valence-electron chi connectivity index (χ1n) is 10.6. The van der Waals surface area contributed by atoms with E-state index in [0.29, 0.717) is 29.8 Å². The molecule has 1 aliphatic heterocycles. The van der Waals surface area contributed by atoms with Crippen LogP contribution in [-0.4, -0.2) is 43.8 Å². The van der Waals surface area contributed by atoms with Gasteiger partial charge in [0.15, 0.2) is 0 Å². The summed E-state index contributed by atoms with van der Waals surface area (Å²) < 4.78 is 2.02. The highest BCUT2D eigenvalue weighted by atomic mass is 16.2. The molecule has 30 heavy (non-hydrogen) atoms. The quantitative estimate of drug-likeness (QED) is 0.709. The third-order valence-electron chi connectivity index (χ3n) is 6.28. The highest BCUT2D eigenvalue weighted by Gasteiger charge is 2.40. The maximum absolute atomic E-state index is 13.2. The van der Waals surface area contributed by atoms with E-state index in [1.807, 2.05) is 33.7 Å². The van der Waals surface area contributed by atoms with Crippen LogP contribution in [0.2, 0.25) is 0 Å². The van der Waals surface area contributed by atoms with Gasteiger partial charge >= 0.3 is 0 Å². The van der Waals surface area contributed by atoms with Crippen molar-refractivity contribution in [1.29, 1.82) is 0 Å². The number of imidazole rings is 1. The molecular weight excluding hydrogens is 378 g/mol. The summed E-state index contributed by atoms with van der Waals surface area (Å²) in [6.45, 7) is 3.01. The first-order chi connectivity index (χ1) is 14.6. The number of piperidine rings is 1. The van der Waals surface area contributed by atoms with Gasteiger partial charge in [0.25, 0.3) is 5.91 Å². The number of aryl methyl sites for hydroxylation is 2. The Morgan fingerprint density at radius 1 is 1.20 bits per heavy atom. The fraction of sp³-hybridized carbons (Fsp3) is 0.391. The summed E-state index contributed by atoms with van der Waals surface area (Å²) in [6.07, 6.45) is 7.75. The number of fused-ring (bicyclic) bond motifs is 3. The second-order valence-electron chi connectivity index (χ2n) is 8.37. The van der Waals surface area contributed by atoms with Crippen molar-refractivity contribution in [3.05, 3.63) is 54.1 Å². The highest BCUT2D eigenvalue weighted by Crippen LogP contribution is 2.38. The number of amides is 2. The number of aromatic nitrogens is 3. The van der Waals surface area contributed by atoms with Crippen LogP contribution in [0, 0.1) is 5.92 Å². The fourth-order valence-electron chi connectivity index (χ4n) is 4.91. The van der Waals surface area contributed by atoms with E-state index in [9.17, 15) is 9.59 Å². The molecule has 3 aromatic rings. The van der Waals surface area contributed by atoms with Crippen molar-refractivity contribution in [1.82, 2.24) is 19.4 Å². The predicted octanol–water partition coefficient (Wildman–Crippen LogP) is 3.26. The molecule has 2 aliphatic rings. The van der Waals surface area contributed by atoms with Crippen LogP contribution in [0.3, 0.4) is 0 Å². The maximum atomic E-state index is 13.2. The Hall–Kier alpha value is -3.22. The lowest BCUT2D eigenvalue weighted by Gasteiger charge is -2.27. The largest absolute Gasteiger partial charge is 0.335 e. The van der Waals surface area contributed by atoms with Crippen LogP contribution in [0.5, 0.6) is 0 Å². The molecule has 154 valence electrons. The molecular formula is C23H25N5O2.